The van der Waals surface area contributed by atoms with E-state index in [9.17, 15) is 4.79 Å². The molecule has 1 atom stereocenters. The van der Waals surface area contributed by atoms with E-state index in [0.29, 0.717) is 0 Å². The molecule has 0 radical (unpaired) electrons. The third kappa shape index (κ3) is 2.01. The molecule has 1 aromatic heterocycles. The van der Waals surface area contributed by atoms with E-state index >= 15 is 0 Å². The summed E-state index contributed by atoms with van der Waals surface area (Å²) in [4.78, 5) is 17.0. The monoisotopic (exact) mass is 204 g/mol. The second-order valence-corrected chi connectivity index (χ2v) is 4.09. The number of nitrogens with zero attached hydrogens (tertiary/aromatic N) is 2. The average molecular weight is 204 g/mol. The molecule has 0 aromatic carbocycles. The molecule has 1 amide bonds. The summed E-state index contributed by atoms with van der Waals surface area (Å²) in [5.41, 5.74) is 2.42. The highest BCUT2D eigenvalue weighted by Crippen LogP contribution is 2.30. The van der Waals surface area contributed by atoms with Crippen molar-refractivity contribution >= 4 is 6.41 Å². The largest absolute Gasteiger partial charge is 0.338 e. The summed E-state index contributed by atoms with van der Waals surface area (Å²) in [6.45, 7) is 2.96. The lowest BCUT2D eigenvalue weighted by molar-refractivity contribution is -0.121. The van der Waals surface area contributed by atoms with Crippen LogP contribution in [0.5, 0.6) is 0 Å². The summed E-state index contributed by atoms with van der Waals surface area (Å²) < 4.78 is 0. The van der Waals surface area contributed by atoms with Crippen molar-refractivity contribution < 1.29 is 4.79 Å². The fraction of sp³-hybridized carbons (Fsp3) is 0.500. The van der Waals surface area contributed by atoms with Crippen LogP contribution in [0.15, 0.2) is 18.5 Å². The zero-order chi connectivity index (χ0) is 10.7. The molecule has 0 unspecified atom stereocenters. The van der Waals surface area contributed by atoms with Gasteiger partial charge in [0, 0.05) is 18.9 Å². The van der Waals surface area contributed by atoms with Gasteiger partial charge in [0.25, 0.3) is 0 Å². The SMILES string of the molecule is Cc1ccncc1[C@@H]1CCCCN1C=O. The van der Waals surface area contributed by atoms with E-state index in [2.05, 4.69) is 11.9 Å². The first-order chi connectivity index (χ1) is 7.33. The molecule has 3 nitrogen and oxygen atoms in total. The van der Waals surface area contributed by atoms with Gasteiger partial charge in [-0.1, -0.05) is 0 Å². The zero-order valence-electron chi connectivity index (χ0n) is 9.02. The summed E-state index contributed by atoms with van der Waals surface area (Å²) in [6.07, 6.45) is 8.04. The number of rotatable bonds is 2. The number of likely N-dealkylation sites (tertiary alicyclic amines) is 1. The van der Waals surface area contributed by atoms with Crippen molar-refractivity contribution in [2.75, 3.05) is 6.54 Å². The van der Waals surface area contributed by atoms with Crippen molar-refractivity contribution in [3.05, 3.63) is 29.6 Å². The number of amides is 1. The van der Waals surface area contributed by atoms with Gasteiger partial charge in [0.2, 0.25) is 6.41 Å². The van der Waals surface area contributed by atoms with E-state index in [-0.39, 0.29) is 6.04 Å². The Bertz CT molecular complexity index is 351. The smallest absolute Gasteiger partial charge is 0.210 e. The molecule has 2 rings (SSSR count). The maximum Gasteiger partial charge on any atom is 0.210 e. The van der Waals surface area contributed by atoms with Crippen molar-refractivity contribution in [3.63, 3.8) is 0 Å². The predicted octanol–water partition coefficient (Wildman–Crippen LogP) is 2.07. The van der Waals surface area contributed by atoms with Gasteiger partial charge < -0.3 is 4.90 Å². The maximum atomic E-state index is 11.0. The Morgan fingerprint density at radius 3 is 3.13 bits per heavy atom. The number of aromatic nitrogens is 1. The van der Waals surface area contributed by atoms with Crippen molar-refractivity contribution in [2.45, 2.75) is 32.2 Å². The van der Waals surface area contributed by atoms with Crippen LogP contribution in [0.4, 0.5) is 0 Å². The van der Waals surface area contributed by atoms with Gasteiger partial charge in [0.1, 0.15) is 0 Å². The summed E-state index contributed by atoms with van der Waals surface area (Å²) >= 11 is 0. The highest BCUT2D eigenvalue weighted by atomic mass is 16.1. The van der Waals surface area contributed by atoms with Gasteiger partial charge in [-0.25, -0.2) is 0 Å². The topological polar surface area (TPSA) is 33.2 Å². The summed E-state index contributed by atoms with van der Waals surface area (Å²) in [5, 5.41) is 0. The van der Waals surface area contributed by atoms with Crippen LogP contribution in [0, 0.1) is 6.92 Å². The van der Waals surface area contributed by atoms with E-state index < -0.39 is 0 Å². The molecule has 1 aromatic rings. The third-order valence-electron chi connectivity index (χ3n) is 3.12. The lowest BCUT2D eigenvalue weighted by Gasteiger charge is -2.33. The number of hydrogen-bond donors (Lipinski definition) is 0. The fourth-order valence-electron chi connectivity index (χ4n) is 2.24. The van der Waals surface area contributed by atoms with Crippen LogP contribution >= 0.6 is 0 Å². The minimum absolute atomic E-state index is 0.241. The number of piperidine rings is 1. The molecule has 80 valence electrons. The lowest BCUT2D eigenvalue weighted by atomic mass is 9.94. The Balaban J connectivity index is 2.28. The maximum absolute atomic E-state index is 11.0. The molecule has 1 fully saturated rings. The highest BCUT2D eigenvalue weighted by molar-refractivity contribution is 5.49. The average Bonchev–Trinajstić information content (AvgIpc) is 2.30. The van der Waals surface area contributed by atoms with E-state index in [1.807, 2.05) is 17.2 Å². The minimum atomic E-state index is 0.241. The summed E-state index contributed by atoms with van der Waals surface area (Å²) in [5.74, 6) is 0. The number of hydrogen-bond acceptors (Lipinski definition) is 2. The number of carbonyl (C=O) groups excluding carboxylic acids is 1. The normalized spacial score (nSPS) is 21.4. The predicted molar refractivity (Wildman–Crippen MR) is 58.3 cm³/mol. The first-order valence-electron chi connectivity index (χ1n) is 5.44. The van der Waals surface area contributed by atoms with Crippen LogP contribution in [0.1, 0.15) is 36.4 Å². The first kappa shape index (κ1) is 10.1. The molecule has 0 saturated carbocycles. The number of pyridine rings is 1. The highest BCUT2D eigenvalue weighted by Gasteiger charge is 2.23. The molecule has 3 heteroatoms. The van der Waals surface area contributed by atoms with Gasteiger partial charge in [-0.15, -0.1) is 0 Å². The number of aryl methyl sites for hydroxylation is 1. The van der Waals surface area contributed by atoms with Gasteiger partial charge in [-0.3, -0.25) is 9.78 Å². The van der Waals surface area contributed by atoms with Crippen molar-refractivity contribution in [2.24, 2.45) is 0 Å². The zero-order valence-corrected chi connectivity index (χ0v) is 9.02. The standard InChI is InChI=1S/C12H16N2O/c1-10-5-6-13-8-11(10)12-4-2-3-7-14(12)9-15/h5-6,8-9,12H,2-4,7H2,1H3/t12-/m0/s1. The Morgan fingerprint density at radius 2 is 2.40 bits per heavy atom. The molecular weight excluding hydrogens is 188 g/mol. The number of carbonyl (C=O) groups is 1. The van der Waals surface area contributed by atoms with Gasteiger partial charge in [0.15, 0.2) is 0 Å². The Morgan fingerprint density at radius 1 is 1.53 bits per heavy atom. The first-order valence-corrected chi connectivity index (χ1v) is 5.44. The second-order valence-electron chi connectivity index (χ2n) is 4.09. The molecule has 15 heavy (non-hydrogen) atoms. The Hall–Kier alpha value is -1.38. The van der Waals surface area contributed by atoms with Crippen LogP contribution in [0.25, 0.3) is 0 Å². The molecule has 1 aliphatic rings. The van der Waals surface area contributed by atoms with Crippen molar-refractivity contribution in [3.8, 4) is 0 Å². The fourth-order valence-corrected chi connectivity index (χ4v) is 2.24. The summed E-state index contributed by atoms with van der Waals surface area (Å²) in [6, 6.07) is 2.25. The molecule has 0 N–H and O–H groups in total. The molecule has 0 bridgehead atoms. The molecule has 0 aliphatic carbocycles. The Labute approximate surface area is 90.1 Å². The molecule has 1 aliphatic heterocycles. The van der Waals surface area contributed by atoms with E-state index in [0.717, 1.165) is 25.8 Å². The van der Waals surface area contributed by atoms with Crippen molar-refractivity contribution in [1.82, 2.24) is 9.88 Å². The van der Waals surface area contributed by atoms with Crippen LogP contribution in [0.2, 0.25) is 0 Å². The summed E-state index contributed by atoms with van der Waals surface area (Å²) in [7, 11) is 0. The quantitative estimate of drug-likeness (QED) is 0.691. The van der Waals surface area contributed by atoms with Gasteiger partial charge in [-0.05, 0) is 43.4 Å². The lowest BCUT2D eigenvalue weighted by Crippen LogP contribution is -2.32. The van der Waals surface area contributed by atoms with Gasteiger partial charge in [0.05, 0.1) is 6.04 Å². The minimum Gasteiger partial charge on any atom is -0.338 e. The van der Waals surface area contributed by atoms with E-state index in [4.69, 9.17) is 0 Å². The molecular formula is C12H16N2O. The Kier molecular flexibility index (Phi) is 2.99. The van der Waals surface area contributed by atoms with E-state index in [1.54, 1.807) is 6.20 Å². The second kappa shape index (κ2) is 4.43. The van der Waals surface area contributed by atoms with Crippen molar-refractivity contribution in [1.29, 1.82) is 0 Å². The van der Waals surface area contributed by atoms with Crippen LogP contribution in [-0.4, -0.2) is 22.8 Å². The molecule has 0 spiro atoms. The molecule has 2 heterocycles. The van der Waals surface area contributed by atoms with Crippen LogP contribution in [0.3, 0.4) is 0 Å². The molecule has 1 saturated heterocycles. The van der Waals surface area contributed by atoms with Crippen LogP contribution in [-0.2, 0) is 4.79 Å². The van der Waals surface area contributed by atoms with Gasteiger partial charge in [-0.2, -0.15) is 0 Å². The van der Waals surface area contributed by atoms with E-state index in [1.165, 1.54) is 17.5 Å². The third-order valence-corrected chi connectivity index (χ3v) is 3.12. The van der Waals surface area contributed by atoms with Gasteiger partial charge >= 0.3 is 0 Å². The van der Waals surface area contributed by atoms with Crippen LogP contribution < -0.4 is 0 Å².